The van der Waals surface area contributed by atoms with Crippen LogP contribution in [-0.2, 0) is 4.79 Å². The van der Waals surface area contributed by atoms with E-state index in [1.807, 2.05) is 31.3 Å². The third-order valence-electron chi connectivity index (χ3n) is 4.57. The average Bonchev–Trinajstić information content (AvgIpc) is 2.61. The molecule has 0 aliphatic carbocycles. The predicted octanol–water partition coefficient (Wildman–Crippen LogP) is 4.36. The van der Waals surface area contributed by atoms with Crippen LogP contribution in [0.15, 0.2) is 60.7 Å². The van der Waals surface area contributed by atoms with Crippen LogP contribution >= 0.6 is 0 Å². The fourth-order valence-electron chi connectivity index (χ4n) is 3.41. The predicted molar refractivity (Wildman–Crippen MR) is 95.0 cm³/mol. The molecule has 3 aromatic rings. The molecule has 0 radical (unpaired) electrons. The quantitative estimate of drug-likeness (QED) is 0.738. The number of amides is 1. The molecule has 3 nitrogen and oxygen atoms in total. The summed E-state index contributed by atoms with van der Waals surface area (Å²) in [4.78, 5) is 12.3. The van der Waals surface area contributed by atoms with Crippen molar-refractivity contribution in [2.45, 2.75) is 12.3 Å². The lowest BCUT2D eigenvalue weighted by Gasteiger charge is -2.27. The third-order valence-corrected chi connectivity index (χ3v) is 4.57. The van der Waals surface area contributed by atoms with Crippen molar-refractivity contribution in [2.24, 2.45) is 0 Å². The summed E-state index contributed by atoms with van der Waals surface area (Å²) in [6.07, 6.45) is 0.485. The molecular weight excluding hydrogens is 284 g/mol. The zero-order valence-corrected chi connectivity index (χ0v) is 13.0. The topological polar surface area (TPSA) is 41.1 Å². The fourth-order valence-corrected chi connectivity index (χ4v) is 3.41. The highest BCUT2D eigenvalue weighted by molar-refractivity contribution is 6.06. The van der Waals surface area contributed by atoms with E-state index < -0.39 is 0 Å². The van der Waals surface area contributed by atoms with Crippen LogP contribution in [0.1, 0.15) is 23.5 Å². The minimum absolute atomic E-state index is 0.0775. The van der Waals surface area contributed by atoms with Gasteiger partial charge in [0.15, 0.2) is 0 Å². The summed E-state index contributed by atoms with van der Waals surface area (Å²) in [7, 11) is 1.91. The molecule has 4 rings (SSSR count). The van der Waals surface area contributed by atoms with Crippen molar-refractivity contribution < 1.29 is 4.79 Å². The summed E-state index contributed by atoms with van der Waals surface area (Å²) in [5, 5.41) is 8.50. The fraction of sp³-hybridized carbons (Fsp3) is 0.150. The van der Waals surface area contributed by atoms with Gasteiger partial charge in [-0.15, -0.1) is 0 Å². The van der Waals surface area contributed by atoms with Gasteiger partial charge in [0.25, 0.3) is 0 Å². The number of rotatable bonds is 2. The molecule has 1 aliphatic heterocycles. The van der Waals surface area contributed by atoms with Gasteiger partial charge in [-0.05, 0) is 28.6 Å². The average molecular weight is 302 g/mol. The van der Waals surface area contributed by atoms with Gasteiger partial charge in [-0.1, -0.05) is 48.5 Å². The first kappa shape index (κ1) is 13.8. The molecule has 1 heterocycles. The Morgan fingerprint density at radius 2 is 1.91 bits per heavy atom. The van der Waals surface area contributed by atoms with Gasteiger partial charge in [0.05, 0.1) is 5.69 Å². The van der Waals surface area contributed by atoms with E-state index in [0.717, 1.165) is 22.1 Å². The molecule has 1 amide bonds. The Hall–Kier alpha value is -2.81. The second-order valence-electron chi connectivity index (χ2n) is 5.93. The Morgan fingerprint density at radius 3 is 2.78 bits per heavy atom. The van der Waals surface area contributed by atoms with Gasteiger partial charge in [0.2, 0.25) is 5.91 Å². The first-order valence-electron chi connectivity index (χ1n) is 7.85. The maximum absolute atomic E-state index is 12.3. The van der Waals surface area contributed by atoms with Crippen LogP contribution in [0.2, 0.25) is 0 Å². The largest absolute Gasteiger partial charge is 0.388 e. The van der Waals surface area contributed by atoms with Gasteiger partial charge < -0.3 is 10.6 Å². The molecule has 0 spiro atoms. The lowest BCUT2D eigenvalue weighted by atomic mass is 9.83. The Bertz CT molecular complexity index is 901. The molecule has 0 fully saturated rings. The zero-order chi connectivity index (χ0) is 15.8. The van der Waals surface area contributed by atoms with E-state index in [-0.39, 0.29) is 11.8 Å². The van der Waals surface area contributed by atoms with Crippen LogP contribution in [0.3, 0.4) is 0 Å². The molecule has 0 bridgehead atoms. The van der Waals surface area contributed by atoms with Crippen molar-refractivity contribution in [3.8, 4) is 0 Å². The Balaban J connectivity index is 1.91. The van der Waals surface area contributed by atoms with Crippen LogP contribution in [0, 0.1) is 0 Å². The van der Waals surface area contributed by atoms with Gasteiger partial charge in [0, 0.05) is 30.5 Å². The van der Waals surface area contributed by atoms with E-state index in [1.165, 1.54) is 11.1 Å². The van der Waals surface area contributed by atoms with E-state index >= 15 is 0 Å². The second-order valence-corrected chi connectivity index (χ2v) is 5.93. The van der Waals surface area contributed by atoms with E-state index in [2.05, 4.69) is 47.0 Å². The van der Waals surface area contributed by atoms with Crippen molar-refractivity contribution >= 4 is 28.1 Å². The highest BCUT2D eigenvalue weighted by Crippen LogP contribution is 2.41. The van der Waals surface area contributed by atoms with Gasteiger partial charge >= 0.3 is 0 Å². The molecular formula is C20H18N2O. The Labute approximate surface area is 135 Å². The second kappa shape index (κ2) is 5.43. The molecule has 23 heavy (non-hydrogen) atoms. The van der Waals surface area contributed by atoms with Crippen molar-refractivity contribution in [3.05, 3.63) is 71.8 Å². The first-order chi connectivity index (χ1) is 11.3. The van der Waals surface area contributed by atoms with Crippen LogP contribution < -0.4 is 10.6 Å². The van der Waals surface area contributed by atoms with E-state index in [0.29, 0.717) is 6.42 Å². The van der Waals surface area contributed by atoms with Gasteiger partial charge in [0.1, 0.15) is 0 Å². The molecule has 0 saturated carbocycles. The molecule has 0 saturated heterocycles. The number of anilines is 2. The summed E-state index contributed by atoms with van der Waals surface area (Å²) in [5.74, 6) is 0.172. The number of nitrogens with one attached hydrogen (secondary N) is 2. The third kappa shape index (κ3) is 2.34. The molecule has 3 aromatic carbocycles. The summed E-state index contributed by atoms with van der Waals surface area (Å²) >= 11 is 0. The number of carbonyl (C=O) groups excluding carboxylic acids is 1. The summed E-state index contributed by atoms with van der Waals surface area (Å²) < 4.78 is 0. The van der Waals surface area contributed by atoms with E-state index in [9.17, 15) is 4.79 Å². The minimum atomic E-state index is 0.0775. The molecule has 2 N–H and O–H groups in total. The normalized spacial score (nSPS) is 16.7. The number of hydrogen-bond acceptors (Lipinski definition) is 2. The number of hydrogen-bond donors (Lipinski definition) is 2. The summed E-state index contributed by atoms with van der Waals surface area (Å²) in [5.41, 5.74) is 4.38. The van der Waals surface area contributed by atoms with Crippen molar-refractivity contribution in [3.63, 3.8) is 0 Å². The molecule has 1 aliphatic rings. The monoisotopic (exact) mass is 302 g/mol. The van der Waals surface area contributed by atoms with E-state index in [1.54, 1.807) is 0 Å². The Morgan fingerprint density at radius 1 is 1.04 bits per heavy atom. The van der Waals surface area contributed by atoms with Gasteiger partial charge in [-0.25, -0.2) is 0 Å². The number of fused-ring (bicyclic) bond motifs is 3. The van der Waals surface area contributed by atoms with Crippen LogP contribution in [0.25, 0.3) is 10.8 Å². The number of benzene rings is 3. The van der Waals surface area contributed by atoms with Crippen LogP contribution in [0.4, 0.5) is 11.4 Å². The molecule has 0 aromatic heterocycles. The van der Waals surface area contributed by atoms with Crippen LogP contribution in [-0.4, -0.2) is 13.0 Å². The van der Waals surface area contributed by atoms with Crippen molar-refractivity contribution in [2.75, 3.05) is 17.7 Å². The lowest BCUT2D eigenvalue weighted by molar-refractivity contribution is -0.116. The zero-order valence-electron chi connectivity index (χ0n) is 13.0. The maximum Gasteiger partial charge on any atom is 0.225 e. The summed E-state index contributed by atoms with van der Waals surface area (Å²) in [6.45, 7) is 0. The lowest BCUT2D eigenvalue weighted by Crippen LogP contribution is -2.23. The van der Waals surface area contributed by atoms with Crippen molar-refractivity contribution in [1.29, 1.82) is 0 Å². The molecule has 1 atom stereocenters. The highest BCUT2D eigenvalue weighted by Gasteiger charge is 2.27. The highest BCUT2D eigenvalue weighted by atomic mass is 16.1. The number of carbonyl (C=O) groups is 1. The minimum Gasteiger partial charge on any atom is -0.388 e. The van der Waals surface area contributed by atoms with Crippen molar-refractivity contribution in [1.82, 2.24) is 0 Å². The molecule has 1 unspecified atom stereocenters. The summed E-state index contributed by atoms with van der Waals surface area (Å²) in [6, 6.07) is 20.8. The maximum atomic E-state index is 12.3. The van der Waals surface area contributed by atoms with E-state index in [4.69, 9.17) is 0 Å². The van der Waals surface area contributed by atoms with Crippen LogP contribution in [0.5, 0.6) is 0 Å². The van der Waals surface area contributed by atoms with Gasteiger partial charge in [-0.2, -0.15) is 0 Å². The molecule has 114 valence electrons. The standard InChI is InChI=1S/C20H18N2O/c1-21-15-7-4-6-14(11-15)18-12-19(23)22-20-16-8-3-2-5-13(16)9-10-17(18)20/h2-11,18,21H,12H2,1H3,(H,22,23). The van der Waals surface area contributed by atoms with Gasteiger partial charge in [-0.3, -0.25) is 4.79 Å². The Kier molecular flexibility index (Phi) is 3.27. The smallest absolute Gasteiger partial charge is 0.225 e. The molecule has 3 heteroatoms. The SMILES string of the molecule is CNc1cccc(C2CC(=O)Nc3c2ccc2ccccc32)c1. The first-order valence-corrected chi connectivity index (χ1v) is 7.85.